The van der Waals surface area contributed by atoms with E-state index in [4.69, 9.17) is 10.7 Å². The second kappa shape index (κ2) is 9.40. The maximum absolute atomic E-state index is 9.50. The van der Waals surface area contributed by atoms with Gasteiger partial charge < -0.3 is 5.73 Å². The fourth-order valence-corrected chi connectivity index (χ4v) is 4.30. The zero-order valence-corrected chi connectivity index (χ0v) is 15.7. The van der Waals surface area contributed by atoms with Crippen LogP contribution in [-0.2, 0) is 6.42 Å². The molecule has 1 aliphatic rings. The average Bonchev–Trinajstić information content (AvgIpc) is 2.69. The van der Waals surface area contributed by atoms with E-state index in [1.165, 1.54) is 24.8 Å². The molecule has 0 spiro atoms. The lowest BCUT2D eigenvalue weighted by molar-refractivity contribution is 0.443. The predicted molar refractivity (Wildman–Crippen MR) is 107 cm³/mol. The lowest BCUT2D eigenvalue weighted by Gasteiger charge is -2.19. The molecule has 0 unspecified atom stereocenters. The van der Waals surface area contributed by atoms with Gasteiger partial charge in [-0.05, 0) is 30.9 Å². The summed E-state index contributed by atoms with van der Waals surface area (Å²) in [5.74, 6) is 1.35. The van der Waals surface area contributed by atoms with Crippen molar-refractivity contribution < 1.29 is 0 Å². The number of amidine groups is 1. The Labute approximate surface area is 159 Å². The number of hydrogen-bond acceptors (Lipinski definition) is 4. The maximum Gasteiger partial charge on any atom is 0.130 e. The van der Waals surface area contributed by atoms with E-state index in [1.54, 1.807) is 24.0 Å². The lowest BCUT2D eigenvalue weighted by Crippen LogP contribution is -2.22. The highest BCUT2D eigenvalue weighted by atomic mass is 32.2. The Balaban J connectivity index is 1.77. The molecule has 134 valence electrons. The molecule has 1 aromatic heterocycles. The molecule has 5 heteroatoms. The van der Waals surface area contributed by atoms with Gasteiger partial charge in [-0.1, -0.05) is 49.6 Å². The van der Waals surface area contributed by atoms with Gasteiger partial charge in [0.25, 0.3) is 0 Å². The molecular formula is C21H24N4S. The van der Waals surface area contributed by atoms with E-state index in [0.29, 0.717) is 17.0 Å². The maximum atomic E-state index is 9.50. The molecule has 2 aromatic rings. The van der Waals surface area contributed by atoms with Crippen LogP contribution in [0.5, 0.6) is 0 Å². The van der Waals surface area contributed by atoms with Crippen molar-refractivity contribution in [3.63, 3.8) is 0 Å². The number of pyridine rings is 1. The molecule has 4 nitrogen and oxygen atoms in total. The molecule has 0 aliphatic heterocycles. The zero-order valence-electron chi connectivity index (χ0n) is 14.9. The van der Waals surface area contributed by atoms with Gasteiger partial charge in [-0.2, -0.15) is 5.26 Å². The molecule has 1 saturated carbocycles. The Bertz CT molecular complexity index is 789. The first kappa shape index (κ1) is 18.5. The van der Waals surface area contributed by atoms with Crippen molar-refractivity contribution in [1.82, 2.24) is 4.98 Å². The van der Waals surface area contributed by atoms with Gasteiger partial charge in [-0.15, -0.1) is 11.8 Å². The molecule has 2 N–H and O–H groups in total. The molecule has 0 radical (unpaired) electrons. The summed E-state index contributed by atoms with van der Waals surface area (Å²) < 4.78 is 0. The van der Waals surface area contributed by atoms with Crippen molar-refractivity contribution >= 4 is 17.6 Å². The fraction of sp³-hybridized carbons (Fsp3) is 0.381. The zero-order chi connectivity index (χ0) is 18.2. The predicted octanol–water partition coefficient (Wildman–Crippen LogP) is 4.33. The van der Waals surface area contributed by atoms with Crippen LogP contribution in [0.25, 0.3) is 0 Å². The third kappa shape index (κ3) is 4.86. The summed E-state index contributed by atoms with van der Waals surface area (Å²) in [4.78, 5) is 9.22. The number of nitrogens with two attached hydrogens (primary N) is 1. The van der Waals surface area contributed by atoms with Crippen LogP contribution in [0.1, 0.15) is 48.8 Å². The highest BCUT2D eigenvalue weighted by molar-refractivity contribution is 7.99. The van der Waals surface area contributed by atoms with Crippen molar-refractivity contribution in [1.29, 1.82) is 5.26 Å². The van der Waals surface area contributed by atoms with E-state index < -0.39 is 0 Å². The summed E-state index contributed by atoms with van der Waals surface area (Å²) >= 11 is 1.64. The molecule has 26 heavy (non-hydrogen) atoms. The van der Waals surface area contributed by atoms with E-state index >= 15 is 0 Å². The number of thioether (sulfide) groups is 1. The van der Waals surface area contributed by atoms with Gasteiger partial charge in [0, 0.05) is 11.9 Å². The number of aromatic nitrogens is 1. The van der Waals surface area contributed by atoms with Crippen LogP contribution in [0.4, 0.5) is 0 Å². The quantitative estimate of drug-likeness (QED) is 0.470. The molecule has 1 fully saturated rings. The molecule has 0 amide bonds. The van der Waals surface area contributed by atoms with E-state index in [2.05, 4.69) is 35.3 Å². The Morgan fingerprint density at radius 1 is 1.19 bits per heavy atom. The average molecular weight is 365 g/mol. The van der Waals surface area contributed by atoms with Gasteiger partial charge in [0.2, 0.25) is 0 Å². The Morgan fingerprint density at radius 2 is 1.96 bits per heavy atom. The summed E-state index contributed by atoms with van der Waals surface area (Å²) in [6, 6.07) is 14.6. The third-order valence-corrected chi connectivity index (χ3v) is 5.65. The van der Waals surface area contributed by atoms with Crippen LogP contribution in [0.3, 0.4) is 0 Å². The highest BCUT2D eigenvalue weighted by Crippen LogP contribution is 2.26. The van der Waals surface area contributed by atoms with Gasteiger partial charge in [0.05, 0.1) is 17.2 Å². The smallest absolute Gasteiger partial charge is 0.130 e. The lowest BCUT2D eigenvalue weighted by atomic mass is 9.96. The summed E-state index contributed by atoms with van der Waals surface area (Å²) in [7, 11) is 0. The van der Waals surface area contributed by atoms with E-state index in [0.717, 1.165) is 30.0 Å². The number of rotatable bonds is 6. The second-order valence-electron chi connectivity index (χ2n) is 6.54. The summed E-state index contributed by atoms with van der Waals surface area (Å²) in [5.41, 5.74) is 8.89. The Kier molecular flexibility index (Phi) is 6.68. The van der Waals surface area contributed by atoms with Crippen molar-refractivity contribution in [2.24, 2.45) is 10.7 Å². The minimum Gasteiger partial charge on any atom is -0.383 e. The van der Waals surface area contributed by atoms with Crippen molar-refractivity contribution in [2.75, 3.05) is 5.75 Å². The topological polar surface area (TPSA) is 75.1 Å². The number of nitriles is 1. The molecule has 0 atom stereocenters. The van der Waals surface area contributed by atoms with Gasteiger partial charge in [0.1, 0.15) is 16.9 Å². The first-order chi connectivity index (χ1) is 12.8. The number of hydrogen-bond donors (Lipinski definition) is 1. The second-order valence-corrected chi connectivity index (χ2v) is 7.62. The molecule has 1 aromatic carbocycles. The van der Waals surface area contributed by atoms with Crippen LogP contribution >= 0.6 is 11.8 Å². The molecule has 0 saturated heterocycles. The fourth-order valence-electron chi connectivity index (χ4n) is 3.27. The van der Waals surface area contributed by atoms with Crippen LogP contribution in [0.15, 0.2) is 52.6 Å². The summed E-state index contributed by atoms with van der Waals surface area (Å²) in [6.45, 7) is 0. The number of aliphatic imine (C=N–C) groups is 1. The van der Waals surface area contributed by atoms with E-state index in [-0.39, 0.29) is 6.04 Å². The monoisotopic (exact) mass is 364 g/mol. The van der Waals surface area contributed by atoms with Gasteiger partial charge in [-0.25, -0.2) is 4.98 Å². The van der Waals surface area contributed by atoms with Gasteiger partial charge in [0.15, 0.2) is 0 Å². The van der Waals surface area contributed by atoms with E-state index in [9.17, 15) is 5.26 Å². The SMILES string of the molecule is N#Cc1ccnc(SCCc2ccccc2)c1C(N)=NC1CCCCC1. The Hall–Kier alpha value is -2.32. The van der Waals surface area contributed by atoms with Crippen LogP contribution in [0, 0.1) is 11.3 Å². The van der Waals surface area contributed by atoms with Crippen molar-refractivity contribution in [3.05, 3.63) is 59.3 Å². The van der Waals surface area contributed by atoms with Crippen LogP contribution < -0.4 is 5.73 Å². The first-order valence-corrected chi connectivity index (χ1v) is 10.2. The first-order valence-electron chi connectivity index (χ1n) is 9.17. The number of aryl methyl sites for hydroxylation is 1. The largest absolute Gasteiger partial charge is 0.383 e. The summed E-state index contributed by atoms with van der Waals surface area (Å²) in [5, 5.41) is 10.3. The third-order valence-electron chi connectivity index (χ3n) is 4.66. The Morgan fingerprint density at radius 3 is 2.69 bits per heavy atom. The summed E-state index contributed by atoms with van der Waals surface area (Å²) in [6.07, 6.45) is 8.49. The minimum absolute atomic E-state index is 0.276. The molecule has 0 bridgehead atoms. The van der Waals surface area contributed by atoms with Crippen LogP contribution in [0.2, 0.25) is 0 Å². The van der Waals surface area contributed by atoms with Crippen LogP contribution in [-0.4, -0.2) is 22.6 Å². The van der Waals surface area contributed by atoms with Crippen molar-refractivity contribution in [2.45, 2.75) is 49.6 Å². The van der Waals surface area contributed by atoms with Gasteiger partial charge in [-0.3, -0.25) is 4.99 Å². The standard InChI is InChI=1S/C21H24N4S/c22-15-17-11-13-24-21(26-14-12-16-7-3-1-4-8-16)19(17)20(23)25-18-9-5-2-6-10-18/h1,3-4,7-8,11,13,18H,2,5-6,9-10,12,14H2,(H2,23,25). The van der Waals surface area contributed by atoms with E-state index in [1.807, 2.05) is 6.07 Å². The molecular weight excluding hydrogens is 340 g/mol. The van der Waals surface area contributed by atoms with Crippen molar-refractivity contribution in [3.8, 4) is 6.07 Å². The highest BCUT2D eigenvalue weighted by Gasteiger charge is 2.17. The number of benzene rings is 1. The van der Waals surface area contributed by atoms with Gasteiger partial charge >= 0.3 is 0 Å². The molecule has 1 heterocycles. The minimum atomic E-state index is 0.276. The molecule has 1 aliphatic carbocycles. The molecule has 3 rings (SSSR count). The normalized spacial score (nSPS) is 15.6. The number of nitrogens with zero attached hydrogens (tertiary/aromatic N) is 3.